The second kappa shape index (κ2) is 8.15. The molecule has 0 saturated heterocycles. The van der Waals surface area contributed by atoms with Gasteiger partial charge in [-0.2, -0.15) is 10.2 Å². The van der Waals surface area contributed by atoms with E-state index in [1.165, 1.54) is 0 Å². The molecule has 2 aromatic heterocycles. The third kappa shape index (κ3) is 4.12. The first-order chi connectivity index (χ1) is 14.1. The summed E-state index contributed by atoms with van der Waals surface area (Å²) in [5.41, 5.74) is 1.82. The van der Waals surface area contributed by atoms with Crippen LogP contribution in [0.25, 0.3) is 17.1 Å². The van der Waals surface area contributed by atoms with Crippen LogP contribution < -0.4 is 10.1 Å². The maximum Gasteiger partial charge on any atom is 0.272 e. The summed E-state index contributed by atoms with van der Waals surface area (Å²) in [6, 6.07) is 16.3. The molecule has 0 bridgehead atoms. The number of amides is 1. The number of aromatic amines is 1. The van der Waals surface area contributed by atoms with Gasteiger partial charge in [0, 0.05) is 11.8 Å². The highest BCUT2D eigenvalue weighted by Gasteiger charge is 2.13. The molecule has 2 aromatic carbocycles. The molecule has 0 aliphatic carbocycles. The zero-order valence-electron chi connectivity index (χ0n) is 15.5. The normalized spacial score (nSPS) is 10.7. The molecule has 0 unspecified atom stereocenters. The number of hydrogen-bond acceptors (Lipinski definition) is 5. The number of H-pyrrole nitrogens is 1. The van der Waals surface area contributed by atoms with Crippen molar-refractivity contribution < 1.29 is 9.53 Å². The molecule has 0 radical (unpaired) electrons. The summed E-state index contributed by atoms with van der Waals surface area (Å²) in [6.07, 6.45) is 1.69. The summed E-state index contributed by atoms with van der Waals surface area (Å²) in [4.78, 5) is 16.8. The van der Waals surface area contributed by atoms with Crippen LogP contribution in [0.5, 0.6) is 5.75 Å². The van der Waals surface area contributed by atoms with E-state index in [4.69, 9.17) is 16.3 Å². The Bertz CT molecular complexity index is 1140. The van der Waals surface area contributed by atoms with E-state index in [0.717, 1.165) is 11.3 Å². The lowest BCUT2D eigenvalue weighted by atomic mass is 10.2. The van der Waals surface area contributed by atoms with E-state index in [1.807, 2.05) is 42.5 Å². The SMILES string of the molecule is COc1ccc(-c2n[nH]c(CNC(=O)c3ccn(-c4ccccc4Cl)n3)n2)cc1. The minimum absolute atomic E-state index is 0.195. The molecule has 4 rings (SSSR count). The van der Waals surface area contributed by atoms with E-state index < -0.39 is 0 Å². The molecule has 2 N–H and O–H groups in total. The average molecular weight is 409 g/mol. The average Bonchev–Trinajstić information content (AvgIpc) is 3.42. The van der Waals surface area contributed by atoms with Crippen molar-refractivity contribution in [2.24, 2.45) is 0 Å². The summed E-state index contributed by atoms with van der Waals surface area (Å²) in [7, 11) is 1.61. The fourth-order valence-corrected chi connectivity index (χ4v) is 2.94. The standard InChI is InChI=1S/C20H17ClN6O2/c1-29-14-8-6-13(7-9-14)19-23-18(24-25-19)12-22-20(28)16-10-11-27(26-16)17-5-3-2-4-15(17)21/h2-11H,12H2,1H3,(H,22,28)(H,23,24,25). The smallest absolute Gasteiger partial charge is 0.272 e. The number of ether oxygens (including phenoxy) is 1. The molecule has 29 heavy (non-hydrogen) atoms. The van der Waals surface area contributed by atoms with E-state index in [0.29, 0.717) is 22.4 Å². The Morgan fingerprint density at radius 1 is 1.17 bits per heavy atom. The Labute approximate surface area is 171 Å². The first-order valence-electron chi connectivity index (χ1n) is 8.78. The van der Waals surface area contributed by atoms with E-state index >= 15 is 0 Å². The highest BCUT2D eigenvalue weighted by atomic mass is 35.5. The zero-order valence-corrected chi connectivity index (χ0v) is 16.2. The third-order valence-electron chi connectivity index (χ3n) is 4.22. The first-order valence-corrected chi connectivity index (χ1v) is 9.16. The van der Waals surface area contributed by atoms with Crippen molar-refractivity contribution in [1.29, 1.82) is 0 Å². The van der Waals surface area contributed by atoms with Gasteiger partial charge >= 0.3 is 0 Å². The van der Waals surface area contributed by atoms with Gasteiger partial charge in [-0.05, 0) is 42.5 Å². The number of carbonyl (C=O) groups is 1. The lowest BCUT2D eigenvalue weighted by molar-refractivity contribution is 0.0944. The lowest BCUT2D eigenvalue weighted by Gasteiger charge is -2.03. The zero-order chi connectivity index (χ0) is 20.2. The van der Waals surface area contributed by atoms with Gasteiger partial charge in [0.2, 0.25) is 0 Å². The molecule has 9 heteroatoms. The molecule has 8 nitrogen and oxygen atoms in total. The second-order valence-electron chi connectivity index (χ2n) is 6.11. The van der Waals surface area contributed by atoms with Gasteiger partial charge < -0.3 is 10.1 Å². The third-order valence-corrected chi connectivity index (χ3v) is 4.54. The molecule has 0 saturated carbocycles. The number of aromatic nitrogens is 5. The second-order valence-corrected chi connectivity index (χ2v) is 6.52. The number of nitrogens with one attached hydrogen (secondary N) is 2. The minimum atomic E-state index is -0.321. The molecule has 2 heterocycles. The van der Waals surface area contributed by atoms with Gasteiger partial charge in [0.05, 0.1) is 24.4 Å². The number of methoxy groups -OCH3 is 1. The van der Waals surface area contributed by atoms with Crippen LogP contribution in [0, 0.1) is 0 Å². The van der Waals surface area contributed by atoms with Gasteiger partial charge in [-0.1, -0.05) is 23.7 Å². The molecule has 0 spiro atoms. The highest BCUT2D eigenvalue weighted by Crippen LogP contribution is 2.20. The summed E-state index contributed by atoms with van der Waals surface area (Å²) >= 11 is 6.17. The quantitative estimate of drug-likeness (QED) is 0.510. The van der Waals surface area contributed by atoms with Crippen molar-refractivity contribution in [2.75, 3.05) is 7.11 Å². The van der Waals surface area contributed by atoms with E-state index in [1.54, 1.807) is 30.1 Å². The van der Waals surface area contributed by atoms with Crippen molar-refractivity contribution in [2.45, 2.75) is 6.54 Å². The van der Waals surface area contributed by atoms with Crippen LogP contribution in [0.4, 0.5) is 0 Å². The van der Waals surface area contributed by atoms with E-state index in [9.17, 15) is 4.79 Å². The van der Waals surface area contributed by atoms with Gasteiger partial charge in [-0.3, -0.25) is 9.89 Å². The van der Waals surface area contributed by atoms with Crippen LogP contribution in [0.3, 0.4) is 0 Å². The molecular weight excluding hydrogens is 392 g/mol. The highest BCUT2D eigenvalue weighted by molar-refractivity contribution is 6.32. The molecule has 0 aliphatic heterocycles. The fourth-order valence-electron chi connectivity index (χ4n) is 2.71. The summed E-state index contributed by atoms with van der Waals surface area (Å²) in [5.74, 6) is 1.51. The number of rotatable bonds is 6. The molecule has 0 fully saturated rings. The number of hydrogen-bond donors (Lipinski definition) is 2. The van der Waals surface area contributed by atoms with Crippen LogP contribution >= 0.6 is 11.6 Å². The van der Waals surface area contributed by atoms with Gasteiger partial charge in [0.1, 0.15) is 11.6 Å². The Morgan fingerprint density at radius 2 is 1.97 bits per heavy atom. The number of benzene rings is 2. The van der Waals surface area contributed by atoms with Crippen LogP contribution in [0.1, 0.15) is 16.3 Å². The lowest BCUT2D eigenvalue weighted by Crippen LogP contribution is -2.24. The Balaban J connectivity index is 1.40. The topological polar surface area (TPSA) is 97.7 Å². The van der Waals surface area contributed by atoms with Gasteiger partial charge in [-0.25, -0.2) is 9.67 Å². The molecule has 146 valence electrons. The van der Waals surface area contributed by atoms with Crippen LogP contribution in [-0.4, -0.2) is 38.0 Å². The van der Waals surface area contributed by atoms with Gasteiger partial charge in [0.15, 0.2) is 11.5 Å². The number of carbonyl (C=O) groups excluding carboxylic acids is 1. The maximum atomic E-state index is 12.4. The molecule has 0 aliphatic rings. The van der Waals surface area contributed by atoms with Crippen LogP contribution in [0.15, 0.2) is 60.8 Å². The van der Waals surface area contributed by atoms with Crippen molar-refractivity contribution in [3.63, 3.8) is 0 Å². The van der Waals surface area contributed by atoms with Crippen LogP contribution in [0.2, 0.25) is 5.02 Å². The predicted octanol–water partition coefficient (Wildman–Crippen LogP) is 3.25. The monoisotopic (exact) mass is 408 g/mol. The van der Waals surface area contributed by atoms with Crippen molar-refractivity contribution in [1.82, 2.24) is 30.3 Å². The van der Waals surface area contributed by atoms with E-state index in [2.05, 4.69) is 25.6 Å². The molecular formula is C20H17ClN6O2. The Morgan fingerprint density at radius 3 is 2.72 bits per heavy atom. The summed E-state index contributed by atoms with van der Waals surface area (Å²) in [5, 5.41) is 14.6. The maximum absolute atomic E-state index is 12.4. The fraction of sp³-hybridized carbons (Fsp3) is 0.100. The number of halogens is 1. The number of nitrogens with zero attached hydrogens (tertiary/aromatic N) is 4. The van der Waals surface area contributed by atoms with Gasteiger partial charge in [-0.15, -0.1) is 0 Å². The van der Waals surface area contributed by atoms with Crippen molar-refractivity contribution in [3.05, 3.63) is 77.3 Å². The molecule has 4 aromatic rings. The van der Waals surface area contributed by atoms with E-state index in [-0.39, 0.29) is 18.1 Å². The summed E-state index contributed by atoms with van der Waals surface area (Å²) < 4.78 is 6.71. The molecule has 0 atom stereocenters. The minimum Gasteiger partial charge on any atom is -0.497 e. The first kappa shape index (κ1) is 18.7. The van der Waals surface area contributed by atoms with Crippen molar-refractivity contribution in [3.8, 4) is 22.8 Å². The predicted molar refractivity (Wildman–Crippen MR) is 108 cm³/mol. The summed E-state index contributed by atoms with van der Waals surface area (Å²) in [6.45, 7) is 0.195. The van der Waals surface area contributed by atoms with Crippen molar-refractivity contribution >= 4 is 17.5 Å². The van der Waals surface area contributed by atoms with Crippen LogP contribution in [-0.2, 0) is 6.54 Å². The Kier molecular flexibility index (Phi) is 5.26. The largest absolute Gasteiger partial charge is 0.497 e. The Hall–Kier alpha value is -3.65. The van der Waals surface area contributed by atoms with Gasteiger partial charge in [0.25, 0.3) is 5.91 Å². The number of para-hydroxylation sites is 1. The molecule has 1 amide bonds.